The Labute approximate surface area is 244 Å². The van der Waals surface area contributed by atoms with Gasteiger partial charge in [-0.3, -0.25) is 0 Å². The van der Waals surface area contributed by atoms with Crippen molar-refractivity contribution in [3.05, 3.63) is 158 Å². The highest BCUT2D eigenvalue weighted by molar-refractivity contribution is 6.29. The van der Waals surface area contributed by atoms with Gasteiger partial charge in [-0.1, -0.05) is 146 Å². The van der Waals surface area contributed by atoms with Crippen LogP contribution in [0, 0.1) is 0 Å². The highest BCUT2D eigenvalue weighted by atomic mass is 14.2. The molecule has 0 radical (unpaired) electrons. The predicted octanol–water partition coefficient (Wildman–Crippen LogP) is 11.9. The summed E-state index contributed by atoms with van der Waals surface area (Å²) >= 11 is 0. The molecule has 42 heavy (non-hydrogen) atoms. The van der Waals surface area contributed by atoms with Crippen molar-refractivity contribution in [1.82, 2.24) is 0 Å². The van der Waals surface area contributed by atoms with Crippen LogP contribution in [0.15, 0.2) is 158 Å². The second-order valence-electron chi connectivity index (χ2n) is 11.3. The Kier molecular flexibility index (Phi) is 5.00. The lowest BCUT2D eigenvalue weighted by molar-refractivity contribution is 1.65. The van der Waals surface area contributed by atoms with Gasteiger partial charge in [0.1, 0.15) is 0 Å². The third-order valence-electron chi connectivity index (χ3n) is 8.97. The topological polar surface area (TPSA) is 0 Å². The van der Waals surface area contributed by atoms with Crippen LogP contribution in [0.5, 0.6) is 0 Å². The average Bonchev–Trinajstić information content (AvgIpc) is 3.06. The summed E-state index contributed by atoms with van der Waals surface area (Å²) < 4.78 is 0. The van der Waals surface area contributed by atoms with Gasteiger partial charge in [0.05, 0.1) is 0 Å². The molecule has 9 aromatic rings. The summed E-state index contributed by atoms with van der Waals surface area (Å²) in [4.78, 5) is 0. The van der Waals surface area contributed by atoms with Gasteiger partial charge in [0.15, 0.2) is 0 Å². The molecule has 9 aromatic carbocycles. The molecule has 0 amide bonds. The van der Waals surface area contributed by atoms with E-state index in [1.807, 2.05) is 0 Å². The van der Waals surface area contributed by atoms with Crippen LogP contribution in [-0.2, 0) is 0 Å². The molecular weight excluding hydrogens is 504 g/mol. The zero-order valence-electron chi connectivity index (χ0n) is 23.0. The molecule has 0 heterocycles. The Morgan fingerprint density at radius 2 is 0.738 bits per heavy atom. The van der Waals surface area contributed by atoms with Crippen molar-refractivity contribution in [1.29, 1.82) is 0 Å². The van der Waals surface area contributed by atoms with E-state index in [4.69, 9.17) is 0 Å². The normalized spacial score (nSPS) is 11.8. The molecule has 0 saturated carbocycles. The highest BCUT2D eigenvalue weighted by Crippen LogP contribution is 2.47. The molecule has 0 heteroatoms. The van der Waals surface area contributed by atoms with Crippen LogP contribution in [-0.4, -0.2) is 0 Å². The van der Waals surface area contributed by atoms with Gasteiger partial charge in [0.2, 0.25) is 0 Å². The third kappa shape index (κ3) is 3.36. The molecule has 0 aliphatic heterocycles. The van der Waals surface area contributed by atoms with Crippen molar-refractivity contribution in [2.24, 2.45) is 0 Å². The first-order valence-electron chi connectivity index (χ1n) is 14.6. The fourth-order valence-corrected chi connectivity index (χ4v) is 7.17. The molecule has 0 bridgehead atoms. The largest absolute Gasteiger partial charge is 0.0622 e. The molecule has 0 aromatic heterocycles. The summed E-state index contributed by atoms with van der Waals surface area (Å²) in [6.45, 7) is 0. The molecule has 0 nitrogen and oxygen atoms in total. The van der Waals surface area contributed by atoms with E-state index in [2.05, 4.69) is 158 Å². The first-order valence-corrected chi connectivity index (χ1v) is 14.6. The summed E-state index contributed by atoms with van der Waals surface area (Å²) in [6, 6.07) is 58.0. The first kappa shape index (κ1) is 23.3. The fraction of sp³-hybridized carbons (Fsp3) is 0. The van der Waals surface area contributed by atoms with Gasteiger partial charge in [-0.2, -0.15) is 0 Å². The van der Waals surface area contributed by atoms with Crippen molar-refractivity contribution in [3.63, 3.8) is 0 Å². The maximum atomic E-state index is 2.35. The lowest BCUT2D eigenvalue weighted by Gasteiger charge is -2.20. The molecule has 0 fully saturated rings. The van der Waals surface area contributed by atoms with E-state index in [-0.39, 0.29) is 0 Å². The van der Waals surface area contributed by atoms with E-state index in [1.54, 1.807) is 0 Å². The van der Waals surface area contributed by atoms with Gasteiger partial charge < -0.3 is 0 Å². The quantitative estimate of drug-likeness (QED) is 0.157. The third-order valence-corrected chi connectivity index (χ3v) is 8.97. The van der Waals surface area contributed by atoms with Crippen LogP contribution >= 0.6 is 0 Å². The zero-order valence-corrected chi connectivity index (χ0v) is 23.0. The second kappa shape index (κ2) is 9.03. The summed E-state index contributed by atoms with van der Waals surface area (Å²) in [7, 11) is 0. The standard InChI is InChI=1S/C42H26/c1-3-11-27(12-4-1)32-25-30-20-19-29-21-23-38(37-24-22-31(26-32)39(30)41(29)37)42-35-17-9-7-15-33(35)40(28-13-5-2-6-14-28)34-16-8-10-18-36(34)42/h1-26H. The summed E-state index contributed by atoms with van der Waals surface area (Å²) in [5, 5.41) is 13.0. The molecule has 194 valence electrons. The van der Waals surface area contributed by atoms with Crippen molar-refractivity contribution in [2.75, 3.05) is 0 Å². The smallest absolute Gasteiger partial charge is 0.00201 e. The fourth-order valence-electron chi connectivity index (χ4n) is 7.17. The van der Waals surface area contributed by atoms with E-state index in [1.165, 1.54) is 87.2 Å². The van der Waals surface area contributed by atoms with E-state index in [0.29, 0.717) is 0 Å². The van der Waals surface area contributed by atoms with Crippen molar-refractivity contribution in [2.45, 2.75) is 0 Å². The van der Waals surface area contributed by atoms with Crippen LogP contribution < -0.4 is 0 Å². The number of hydrogen-bond donors (Lipinski definition) is 0. The van der Waals surface area contributed by atoms with Crippen LogP contribution in [0.2, 0.25) is 0 Å². The summed E-state index contributed by atoms with van der Waals surface area (Å²) in [5.41, 5.74) is 7.66. The Morgan fingerprint density at radius 1 is 0.262 bits per heavy atom. The van der Waals surface area contributed by atoms with Gasteiger partial charge in [0, 0.05) is 0 Å². The van der Waals surface area contributed by atoms with Crippen molar-refractivity contribution in [3.8, 4) is 33.4 Å². The van der Waals surface area contributed by atoms with Crippen LogP contribution in [0.3, 0.4) is 0 Å². The van der Waals surface area contributed by atoms with E-state index >= 15 is 0 Å². The lowest BCUT2D eigenvalue weighted by atomic mass is 9.83. The van der Waals surface area contributed by atoms with Crippen molar-refractivity contribution >= 4 is 53.9 Å². The molecule has 0 spiro atoms. The molecule has 9 rings (SSSR count). The van der Waals surface area contributed by atoms with Gasteiger partial charge >= 0.3 is 0 Å². The number of benzene rings is 9. The minimum absolute atomic E-state index is 1.25. The Balaban J connectivity index is 1.40. The Hall–Kier alpha value is -5.46. The van der Waals surface area contributed by atoms with Crippen LogP contribution in [0.4, 0.5) is 0 Å². The molecule has 0 aliphatic carbocycles. The maximum absolute atomic E-state index is 2.35. The molecular formula is C42H26. The minimum Gasteiger partial charge on any atom is -0.0622 e. The summed E-state index contributed by atoms with van der Waals surface area (Å²) in [5.74, 6) is 0. The molecule has 0 aliphatic rings. The zero-order chi connectivity index (χ0) is 27.6. The van der Waals surface area contributed by atoms with Crippen LogP contribution in [0.1, 0.15) is 0 Å². The van der Waals surface area contributed by atoms with E-state index in [0.717, 1.165) is 0 Å². The number of rotatable bonds is 3. The van der Waals surface area contributed by atoms with Crippen molar-refractivity contribution < 1.29 is 0 Å². The average molecular weight is 531 g/mol. The lowest BCUT2D eigenvalue weighted by Crippen LogP contribution is -1.92. The van der Waals surface area contributed by atoms with E-state index in [9.17, 15) is 0 Å². The van der Waals surface area contributed by atoms with E-state index < -0.39 is 0 Å². The Morgan fingerprint density at radius 3 is 1.36 bits per heavy atom. The monoisotopic (exact) mass is 530 g/mol. The van der Waals surface area contributed by atoms with Crippen LogP contribution in [0.25, 0.3) is 87.2 Å². The summed E-state index contributed by atoms with van der Waals surface area (Å²) in [6.07, 6.45) is 0. The Bertz CT molecular complexity index is 2360. The molecule has 0 atom stereocenters. The van der Waals surface area contributed by atoms with Gasteiger partial charge in [-0.05, 0) is 99.4 Å². The molecule has 0 unspecified atom stereocenters. The van der Waals surface area contributed by atoms with Gasteiger partial charge in [-0.15, -0.1) is 0 Å². The van der Waals surface area contributed by atoms with Gasteiger partial charge in [-0.25, -0.2) is 0 Å². The predicted molar refractivity (Wildman–Crippen MR) is 181 cm³/mol. The minimum atomic E-state index is 1.25. The molecule has 0 saturated heterocycles. The number of fused-ring (bicyclic) bond motifs is 2. The number of hydrogen-bond acceptors (Lipinski definition) is 0. The van der Waals surface area contributed by atoms with Gasteiger partial charge in [0.25, 0.3) is 0 Å². The maximum Gasteiger partial charge on any atom is -0.00201 e. The highest BCUT2D eigenvalue weighted by Gasteiger charge is 2.19. The second-order valence-corrected chi connectivity index (χ2v) is 11.3. The SMILES string of the molecule is c1ccc(-c2cc3ccc4ccc(-c5c6ccccc6c(-c6ccccc6)c6ccccc56)c5ccc(c2)c3c45)cc1. The first-order chi connectivity index (χ1) is 20.8. The molecule has 0 N–H and O–H groups in total.